The molecule has 1 aliphatic rings. The highest BCUT2D eigenvalue weighted by Crippen LogP contribution is 2.29. The lowest BCUT2D eigenvalue weighted by atomic mass is 10.1. The van der Waals surface area contributed by atoms with Crippen molar-refractivity contribution >= 4 is 39.7 Å². The smallest absolute Gasteiger partial charge is 0.302 e. The first-order valence-electron chi connectivity index (χ1n) is 11.5. The van der Waals surface area contributed by atoms with Gasteiger partial charge < -0.3 is 9.88 Å². The lowest BCUT2D eigenvalue weighted by molar-refractivity contribution is 0.0950. The number of benzene rings is 3. The van der Waals surface area contributed by atoms with Gasteiger partial charge in [0.05, 0.1) is 28.5 Å². The first-order valence-corrected chi connectivity index (χ1v) is 12.4. The third-order valence-corrected chi connectivity index (χ3v) is 7.00. The minimum Gasteiger partial charge on any atom is -0.350 e. The Balaban J connectivity index is 1.37. The van der Waals surface area contributed by atoms with Crippen LogP contribution in [0.2, 0.25) is 0 Å². The van der Waals surface area contributed by atoms with Crippen LogP contribution in [0.5, 0.6) is 0 Å². The molecule has 0 bridgehead atoms. The Morgan fingerprint density at radius 3 is 2.64 bits per heavy atom. The van der Waals surface area contributed by atoms with E-state index in [-0.39, 0.29) is 35.3 Å². The maximum Gasteiger partial charge on any atom is 0.302 e. The van der Waals surface area contributed by atoms with Crippen molar-refractivity contribution in [1.82, 2.24) is 19.9 Å². The summed E-state index contributed by atoms with van der Waals surface area (Å²) in [5.74, 6) is 0.160. The maximum atomic E-state index is 13.8. The van der Waals surface area contributed by atoms with Gasteiger partial charge in [-0.15, -0.1) is 0 Å². The van der Waals surface area contributed by atoms with Crippen molar-refractivity contribution in [3.63, 3.8) is 0 Å². The number of nitrogens with zero attached hydrogens (tertiary/aromatic N) is 4. The molecular weight excluding hydrogens is 477 g/mol. The van der Waals surface area contributed by atoms with E-state index in [1.807, 2.05) is 48.9 Å². The van der Waals surface area contributed by atoms with Crippen molar-refractivity contribution < 1.29 is 14.0 Å². The van der Waals surface area contributed by atoms with E-state index in [2.05, 4.69) is 10.4 Å². The van der Waals surface area contributed by atoms with E-state index in [9.17, 15) is 14.0 Å². The fourth-order valence-electron chi connectivity index (χ4n) is 4.17. The predicted molar refractivity (Wildman–Crippen MR) is 141 cm³/mol. The Morgan fingerprint density at radius 1 is 1.06 bits per heavy atom. The number of carbonyl (C=O) groups excluding carboxylic acids is 2. The summed E-state index contributed by atoms with van der Waals surface area (Å²) < 4.78 is 15.7. The van der Waals surface area contributed by atoms with Crippen LogP contribution in [0.25, 0.3) is 22.4 Å². The van der Waals surface area contributed by atoms with E-state index in [1.54, 1.807) is 30.3 Å². The lowest BCUT2D eigenvalue weighted by Crippen LogP contribution is -2.39. The molecule has 0 radical (unpaired) electrons. The molecule has 5 rings (SSSR count). The van der Waals surface area contributed by atoms with Crippen LogP contribution in [0.1, 0.15) is 22.8 Å². The molecule has 1 atom stereocenters. The number of thioether (sulfide) groups is 1. The van der Waals surface area contributed by atoms with Crippen LogP contribution in [0, 0.1) is 5.82 Å². The minimum absolute atomic E-state index is 0.142. The summed E-state index contributed by atoms with van der Waals surface area (Å²) in [5, 5.41) is 8.56. The molecule has 1 aliphatic heterocycles. The van der Waals surface area contributed by atoms with E-state index >= 15 is 0 Å². The highest BCUT2D eigenvalue weighted by molar-refractivity contribution is 8.14. The van der Waals surface area contributed by atoms with Crippen molar-refractivity contribution in [2.45, 2.75) is 12.2 Å². The summed E-state index contributed by atoms with van der Waals surface area (Å²) >= 11 is 1.20. The third-order valence-electron chi connectivity index (χ3n) is 6.01. The van der Waals surface area contributed by atoms with Gasteiger partial charge in [0.1, 0.15) is 11.6 Å². The summed E-state index contributed by atoms with van der Waals surface area (Å²) in [6.45, 7) is 2.48. The number of hydrazone groups is 1. The number of amides is 2. The van der Waals surface area contributed by atoms with E-state index in [0.29, 0.717) is 17.0 Å². The number of imidazole rings is 1. The van der Waals surface area contributed by atoms with Gasteiger partial charge in [0.2, 0.25) is 0 Å². The number of hydrogen-bond donors (Lipinski definition) is 1. The van der Waals surface area contributed by atoms with Gasteiger partial charge in [-0.05, 0) is 43.3 Å². The quantitative estimate of drug-likeness (QED) is 0.400. The molecule has 2 heterocycles. The molecule has 0 saturated carbocycles. The molecule has 2 amide bonds. The summed E-state index contributed by atoms with van der Waals surface area (Å²) in [7, 11) is 1.90. The van der Waals surface area contributed by atoms with Crippen LogP contribution < -0.4 is 5.32 Å². The number of aryl methyl sites for hydroxylation is 1. The van der Waals surface area contributed by atoms with Crippen molar-refractivity contribution in [2.75, 3.05) is 13.1 Å². The molecule has 7 nitrogen and oxygen atoms in total. The van der Waals surface area contributed by atoms with E-state index < -0.39 is 0 Å². The first-order chi connectivity index (χ1) is 17.4. The predicted octanol–water partition coefficient (Wildman–Crippen LogP) is 5.07. The van der Waals surface area contributed by atoms with E-state index in [4.69, 9.17) is 4.98 Å². The first kappa shape index (κ1) is 23.7. The Bertz CT molecular complexity index is 1480. The van der Waals surface area contributed by atoms with Gasteiger partial charge in [-0.2, -0.15) is 5.10 Å². The highest BCUT2D eigenvalue weighted by Gasteiger charge is 2.28. The fourth-order valence-corrected chi connectivity index (χ4v) is 5.02. The van der Waals surface area contributed by atoms with Crippen LogP contribution in [-0.4, -0.2) is 49.8 Å². The zero-order valence-corrected chi connectivity index (χ0v) is 20.6. The molecule has 0 fully saturated rings. The zero-order valence-electron chi connectivity index (χ0n) is 19.8. The molecule has 1 N–H and O–H groups in total. The van der Waals surface area contributed by atoms with Crippen molar-refractivity contribution in [1.29, 1.82) is 0 Å². The molecule has 3 aromatic carbocycles. The van der Waals surface area contributed by atoms with Gasteiger partial charge in [-0.25, -0.2) is 14.4 Å². The Kier molecular flexibility index (Phi) is 6.56. The average molecular weight is 502 g/mol. The van der Waals surface area contributed by atoms with Crippen LogP contribution in [0.3, 0.4) is 0 Å². The molecule has 0 aliphatic carbocycles. The number of rotatable bonds is 6. The van der Waals surface area contributed by atoms with Gasteiger partial charge in [-0.1, -0.05) is 48.2 Å². The van der Waals surface area contributed by atoms with Crippen LogP contribution in [0.4, 0.5) is 9.18 Å². The number of hydrogen-bond acceptors (Lipinski definition) is 5. The van der Waals surface area contributed by atoms with Gasteiger partial charge in [0, 0.05) is 30.3 Å². The number of halogens is 1. The molecule has 0 spiro atoms. The van der Waals surface area contributed by atoms with E-state index in [1.165, 1.54) is 28.9 Å². The number of aromatic nitrogens is 2. The maximum absolute atomic E-state index is 13.8. The number of fused-ring (bicyclic) bond motifs is 1. The lowest BCUT2D eigenvalue weighted by Gasteiger charge is -2.27. The van der Waals surface area contributed by atoms with Crippen LogP contribution in [0.15, 0.2) is 77.9 Å². The summed E-state index contributed by atoms with van der Waals surface area (Å²) in [6.07, 6.45) is 0. The monoisotopic (exact) mass is 501 g/mol. The summed E-state index contributed by atoms with van der Waals surface area (Å²) in [5.41, 5.74) is 4.55. The third kappa shape index (κ3) is 4.74. The van der Waals surface area contributed by atoms with Crippen LogP contribution in [-0.2, 0) is 7.05 Å². The molecular formula is C27H24FN5O2S. The van der Waals surface area contributed by atoms with Gasteiger partial charge >= 0.3 is 5.24 Å². The second kappa shape index (κ2) is 9.94. The number of nitrogens with one attached hydrogen (secondary N) is 1. The second-order valence-corrected chi connectivity index (χ2v) is 9.76. The summed E-state index contributed by atoms with van der Waals surface area (Å²) in [6, 6.07) is 21.2. The number of carbonyl (C=O) groups is 2. The van der Waals surface area contributed by atoms with Gasteiger partial charge in [0.25, 0.3) is 5.91 Å². The Morgan fingerprint density at radius 2 is 1.86 bits per heavy atom. The van der Waals surface area contributed by atoms with Gasteiger partial charge in [0.15, 0.2) is 0 Å². The Hall–Kier alpha value is -3.98. The molecule has 0 saturated heterocycles. The van der Waals surface area contributed by atoms with Crippen molar-refractivity contribution in [3.05, 3.63) is 89.7 Å². The zero-order chi connectivity index (χ0) is 25.2. The van der Waals surface area contributed by atoms with Crippen LogP contribution >= 0.6 is 11.8 Å². The second-order valence-electron chi connectivity index (χ2n) is 8.46. The Labute approximate surface area is 212 Å². The van der Waals surface area contributed by atoms with Crippen molar-refractivity contribution in [3.8, 4) is 11.4 Å². The molecule has 182 valence electrons. The fraction of sp³-hybridized carbons (Fsp3) is 0.185. The van der Waals surface area contributed by atoms with Crippen molar-refractivity contribution in [2.24, 2.45) is 12.1 Å². The SMILES string of the molecule is CC1SC(=O)N(CCNC(=O)c2ccccc2)N=C1c1ccc2c(c1)nc(-c1cccc(F)c1)n2C. The molecule has 36 heavy (non-hydrogen) atoms. The van der Waals surface area contributed by atoms with E-state index in [0.717, 1.165) is 22.3 Å². The molecule has 1 aromatic heterocycles. The minimum atomic E-state index is -0.313. The normalized spacial score (nSPS) is 15.8. The molecule has 9 heteroatoms. The highest BCUT2D eigenvalue weighted by atomic mass is 32.2. The topological polar surface area (TPSA) is 79.6 Å². The summed E-state index contributed by atoms with van der Waals surface area (Å²) in [4.78, 5) is 29.6. The average Bonchev–Trinajstić information content (AvgIpc) is 3.21. The largest absolute Gasteiger partial charge is 0.350 e. The molecule has 1 unspecified atom stereocenters. The molecule has 4 aromatic rings. The standard InChI is InChI=1S/C27H24FN5O2S/c1-17-24(31-33(27(35)36-17)14-13-29-26(34)18-7-4-3-5-8-18)19-11-12-23-22(16-19)30-25(32(23)2)20-9-6-10-21(28)15-20/h3-12,15-17H,13-14H2,1-2H3,(H,29,34). The van der Waals surface area contributed by atoms with Gasteiger partial charge in [-0.3, -0.25) is 9.59 Å².